The van der Waals surface area contributed by atoms with Crippen LogP contribution in [-0.2, 0) is 9.59 Å². The monoisotopic (exact) mass is 128 g/mol. The van der Waals surface area contributed by atoms with Gasteiger partial charge in [-0.15, -0.1) is 0 Å². The van der Waals surface area contributed by atoms with Crippen LogP contribution >= 0.6 is 0 Å². The first-order valence-electron chi connectivity index (χ1n) is 2.38. The minimum absolute atomic E-state index is 0.147. The average molecular weight is 128 g/mol. The van der Waals surface area contributed by atoms with Crippen molar-refractivity contribution in [2.75, 3.05) is 6.67 Å². The van der Waals surface area contributed by atoms with Crippen LogP contribution in [0.1, 0.15) is 0 Å². The van der Waals surface area contributed by atoms with Gasteiger partial charge in [0.2, 0.25) is 12.3 Å². The van der Waals surface area contributed by atoms with E-state index in [9.17, 15) is 9.59 Å². The van der Waals surface area contributed by atoms with Gasteiger partial charge < -0.3 is 10.6 Å². The largest absolute Gasteiger partial charge is 0.341 e. The van der Waals surface area contributed by atoms with Crippen LogP contribution in [0.4, 0.5) is 0 Å². The Hall–Kier alpha value is -1.32. The molecule has 0 aliphatic heterocycles. The van der Waals surface area contributed by atoms with Crippen molar-refractivity contribution in [3.05, 3.63) is 12.7 Å². The molecule has 0 aromatic carbocycles. The van der Waals surface area contributed by atoms with Crippen molar-refractivity contribution in [3.63, 3.8) is 0 Å². The zero-order chi connectivity index (χ0) is 7.11. The molecule has 0 heterocycles. The summed E-state index contributed by atoms with van der Waals surface area (Å²) in [5, 5.41) is 4.59. The second kappa shape index (κ2) is 4.83. The van der Waals surface area contributed by atoms with E-state index in [1.807, 2.05) is 0 Å². The van der Waals surface area contributed by atoms with Crippen molar-refractivity contribution in [2.45, 2.75) is 0 Å². The van der Waals surface area contributed by atoms with Gasteiger partial charge in [0, 0.05) is 0 Å². The van der Waals surface area contributed by atoms with E-state index in [0.717, 1.165) is 6.08 Å². The highest BCUT2D eigenvalue weighted by atomic mass is 16.2. The summed E-state index contributed by atoms with van der Waals surface area (Å²) in [6.07, 6.45) is 1.63. The molecular formula is C5H8N2O2. The normalized spacial score (nSPS) is 7.56. The van der Waals surface area contributed by atoms with E-state index < -0.39 is 0 Å². The fraction of sp³-hybridized carbons (Fsp3) is 0.200. The van der Waals surface area contributed by atoms with E-state index in [4.69, 9.17) is 0 Å². The molecule has 0 saturated carbocycles. The molecule has 0 spiro atoms. The van der Waals surface area contributed by atoms with Gasteiger partial charge >= 0.3 is 0 Å². The molecule has 0 rings (SSSR count). The Kier molecular flexibility index (Phi) is 4.12. The maximum Gasteiger partial charge on any atom is 0.244 e. The van der Waals surface area contributed by atoms with Crippen LogP contribution in [0.5, 0.6) is 0 Å². The summed E-state index contributed by atoms with van der Waals surface area (Å²) in [5.41, 5.74) is 0. The number of hydrogen-bond donors (Lipinski definition) is 2. The lowest BCUT2D eigenvalue weighted by Gasteiger charge is -1.97. The Bertz CT molecular complexity index is 122. The standard InChI is InChI=1S/C5H8N2O2/c1-2-5(9)7-3-6-4-8/h2,4H,1,3H2,(H,6,8)(H,7,9). The maximum absolute atomic E-state index is 10.3. The van der Waals surface area contributed by atoms with Crippen molar-refractivity contribution in [3.8, 4) is 0 Å². The molecule has 4 heteroatoms. The molecule has 0 aromatic rings. The van der Waals surface area contributed by atoms with Crippen molar-refractivity contribution in [2.24, 2.45) is 0 Å². The first kappa shape index (κ1) is 7.68. The molecule has 0 aliphatic rings. The maximum atomic E-state index is 10.3. The third-order valence-corrected chi connectivity index (χ3v) is 0.633. The van der Waals surface area contributed by atoms with Gasteiger partial charge in [-0.2, -0.15) is 0 Å². The van der Waals surface area contributed by atoms with E-state index in [-0.39, 0.29) is 12.6 Å². The van der Waals surface area contributed by atoms with Crippen molar-refractivity contribution in [1.29, 1.82) is 0 Å². The number of nitrogens with one attached hydrogen (secondary N) is 2. The number of carbonyl (C=O) groups excluding carboxylic acids is 2. The Morgan fingerprint density at radius 2 is 2.33 bits per heavy atom. The van der Waals surface area contributed by atoms with Crippen LogP contribution in [0.15, 0.2) is 12.7 Å². The minimum atomic E-state index is -0.302. The molecule has 0 fully saturated rings. The average Bonchev–Trinajstić information content (AvgIpc) is 1.89. The fourth-order valence-electron chi connectivity index (χ4n) is 0.252. The molecule has 2 N–H and O–H groups in total. The van der Waals surface area contributed by atoms with Gasteiger partial charge in [-0.1, -0.05) is 6.58 Å². The smallest absolute Gasteiger partial charge is 0.244 e. The molecule has 0 bridgehead atoms. The summed E-state index contributed by atoms with van der Waals surface area (Å²) in [4.78, 5) is 19.9. The van der Waals surface area contributed by atoms with Gasteiger partial charge in [0.25, 0.3) is 0 Å². The second-order valence-corrected chi connectivity index (χ2v) is 1.24. The molecule has 0 aromatic heterocycles. The molecular weight excluding hydrogens is 120 g/mol. The van der Waals surface area contributed by atoms with Crippen LogP contribution in [0.3, 0.4) is 0 Å². The van der Waals surface area contributed by atoms with Crippen LogP contribution < -0.4 is 10.6 Å². The fourth-order valence-corrected chi connectivity index (χ4v) is 0.252. The van der Waals surface area contributed by atoms with E-state index in [1.54, 1.807) is 0 Å². The van der Waals surface area contributed by atoms with Gasteiger partial charge in [0.05, 0.1) is 6.67 Å². The minimum Gasteiger partial charge on any atom is -0.341 e. The summed E-state index contributed by atoms with van der Waals surface area (Å²) in [6.45, 7) is 3.36. The van der Waals surface area contributed by atoms with E-state index in [2.05, 4.69) is 17.2 Å². The summed E-state index contributed by atoms with van der Waals surface area (Å²) >= 11 is 0. The predicted molar refractivity (Wildman–Crippen MR) is 32.4 cm³/mol. The number of amides is 2. The van der Waals surface area contributed by atoms with Gasteiger partial charge in [0.1, 0.15) is 0 Å². The van der Waals surface area contributed by atoms with Crippen LogP contribution in [0.2, 0.25) is 0 Å². The summed E-state index contributed by atoms with van der Waals surface area (Å²) in [5.74, 6) is -0.302. The molecule has 0 saturated heterocycles. The van der Waals surface area contributed by atoms with Gasteiger partial charge in [-0.3, -0.25) is 9.59 Å². The molecule has 2 amide bonds. The second-order valence-electron chi connectivity index (χ2n) is 1.24. The van der Waals surface area contributed by atoms with E-state index >= 15 is 0 Å². The summed E-state index contributed by atoms with van der Waals surface area (Å²) in [7, 11) is 0. The zero-order valence-corrected chi connectivity index (χ0v) is 4.89. The topological polar surface area (TPSA) is 58.2 Å². The molecule has 0 radical (unpaired) electrons. The van der Waals surface area contributed by atoms with Crippen molar-refractivity contribution in [1.82, 2.24) is 10.6 Å². The molecule has 9 heavy (non-hydrogen) atoms. The lowest BCUT2D eigenvalue weighted by molar-refractivity contribution is -0.116. The first-order valence-corrected chi connectivity index (χ1v) is 2.38. The molecule has 0 unspecified atom stereocenters. The van der Waals surface area contributed by atoms with Crippen LogP contribution in [0, 0.1) is 0 Å². The van der Waals surface area contributed by atoms with Gasteiger partial charge in [-0.25, -0.2) is 0 Å². The third-order valence-electron chi connectivity index (χ3n) is 0.633. The molecule has 0 atom stereocenters. The Morgan fingerprint density at radius 1 is 1.67 bits per heavy atom. The number of rotatable bonds is 4. The Labute approximate surface area is 52.9 Å². The third kappa shape index (κ3) is 4.53. The molecule has 50 valence electrons. The van der Waals surface area contributed by atoms with E-state index in [1.165, 1.54) is 0 Å². The Balaban J connectivity index is 3.16. The first-order chi connectivity index (χ1) is 4.31. The molecule has 4 nitrogen and oxygen atoms in total. The van der Waals surface area contributed by atoms with Gasteiger partial charge in [-0.05, 0) is 6.08 Å². The van der Waals surface area contributed by atoms with E-state index in [0.29, 0.717) is 6.41 Å². The quantitative estimate of drug-likeness (QED) is 0.220. The predicted octanol–water partition coefficient (Wildman–Crippen LogP) is -1.01. The highest BCUT2D eigenvalue weighted by Crippen LogP contribution is 1.60. The van der Waals surface area contributed by atoms with Crippen molar-refractivity contribution >= 4 is 12.3 Å². The summed E-state index contributed by atoms with van der Waals surface area (Å²) < 4.78 is 0. The zero-order valence-electron chi connectivity index (χ0n) is 4.89. The van der Waals surface area contributed by atoms with Crippen LogP contribution in [0.25, 0.3) is 0 Å². The summed E-state index contributed by atoms with van der Waals surface area (Å²) in [6, 6.07) is 0. The van der Waals surface area contributed by atoms with Crippen LogP contribution in [-0.4, -0.2) is 19.0 Å². The number of carbonyl (C=O) groups is 2. The lowest BCUT2D eigenvalue weighted by atomic mass is 10.6. The SMILES string of the molecule is C=CC(=O)NCNC=O. The lowest BCUT2D eigenvalue weighted by Crippen LogP contribution is -2.31. The Morgan fingerprint density at radius 3 is 2.78 bits per heavy atom. The van der Waals surface area contributed by atoms with Gasteiger partial charge in [0.15, 0.2) is 0 Å². The number of hydrogen-bond acceptors (Lipinski definition) is 2. The highest BCUT2D eigenvalue weighted by molar-refractivity contribution is 5.86. The highest BCUT2D eigenvalue weighted by Gasteiger charge is 1.87. The molecule has 0 aliphatic carbocycles. The van der Waals surface area contributed by atoms with Crippen molar-refractivity contribution < 1.29 is 9.59 Å².